The van der Waals surface area contributed by atoms with Gasteiger partial charge >= 0.3 is 0 Å². The molecule has 0 fully saturated rings. The van der Waals surface area contributed by atoms with Crippen LogP contribution in [0.25, 0.3) is 0 Å². The fraction of sp³-hybridized carbons (Fsp3) is 0.571. The number of Topliss-reactive ketones (excluding diaryl/α,β-unsaturated/α-hetero) is 3. The number of hydrogen-bond acceptors (Lipinski definition) is 3. The lowest BCUT2D eigenvalue weighted by atomic mass is 9.71. The third-order valence-electron chi connectivity index (χ3n) is 8.46. The third kappa shape index (κ3) is 8.22. The van der Waals surface area contributed by atoms with Crippen LogP contribution < -0.4 is 0 Å². The zero-order valence-corrected chi connectivity index (χ0v) is 25.2. The Kier molecular flexibility index (Phi) is 12.6. The average molecular weight is 519 g/mol. The van der Waals surface area contributed by atoms with Gasteiger partial charge in [-0.3, -0.25) is 14.4 Å². The molecule has 0 bridgehead atoms. The lowest BCUT2D eigenvalue weighted by molar-refractivity contribution is -0.129. The van der Waals surface area contributed by atoms with E-state index in [9.17, 15) is 14.4 Å². The highest BCUT2D eigenvalue weighted by Crippen LogP contribution is 2.37. The van der Waals surface area contributed by atoms with Crippen molar-refractivity contribution in [2.45, 2.75) is 113 Å². The maximum absolute atomic E-state index is 12.8. The van der Waals surface area contributed by atoms with Crippen LogP contribution in [0.15, 0.2) is 30.3 Å². The van der Waals surface area contributed by atoms with Crippen LogP contribution in [0.5, 0.6) is 0 Å². The van der Waals surface area contributed by atoms with Crippen LogP contribution >= 0.6 is 0 Å². The number of hydrogen-bond donors (Lipinski definition) is 0. The highest BCUT2D eigenvalue weighted by Gasteiger charge is 2.33. The molecule has 3 heteroatoms. The molecule has 38 heavy (non-hydrogen) atoms. The topological polar surface area (TPSA) is 51.2 Å². The van der Waals surface area contributed by atoms with E-state index < -0.39 is 0 Å². The average Bonchev–Trinajstić information content (AvgIpc) is 2.87. The monoisotopic (exact) mass is 518 g/mol. The molecule has 0 amide bonds. The van der Waals surface area contributed by atoms with Crippen LogP contribution in [0.1, 0.15) is 117 Å². The second-order valence-electron chi connectivity index (χ2n) is 11.3. The van der Waals surface area contributed by atoms with Gasteiger partial charge in [-0.1, -0.05) is 70.9 Å². The highest BCUT2D eigenvalue weighted by molar-refractivity contribution is 6.00. The SMILES string of the molecule is CCCC(CC1CC(=O)c2c(C)ccc(C)c2C1)C(CC)C(=O)CC(C)=O.CCc1cccc(CC)c1C. The molecule has 3 rings (SSSR count). The van der Waals surface area contributed by atoms with Crippen molar-refractivity contribution in [3.8, 4) is 0 Å². The lowest BCUT2D eigenvalue weighted by Gasteiger charge is -2.32. The van der Waals surface area contributed by atoms with E-state index in [0.717, 1.165) is 56.1 Å². The molecule has 3 nitrogen and oxygen atoms in total. The summed E-state index contributed by atoms with van der Waals surface area (Å²) < 4.78 is 0. The molecule has 3 atom stereocenters. The van der Waals surface area contributed by atoms with Crippen molar-refractivity contribution in [3.05, 3.63) is 69.3 Å². The van der Waals surface area contributed by atoms with Crippen molar-refractivity contribution in [1.29, 1.82) is 0 Å². The molecule has 0 radical (unpaired) electrons. The van der Waals surface area contributed by atoms with Crippen molar-refractivity contribution in [3.63, 3.8) is 0 Å². The number of aryl methyl sites for hydroxylation is 4. The minimum atomic E-state index is -0.0658. The Morgan fingerprint density at radius 1 is 0.895 bits per heavy atom. The molecular formula is C35H50O3. The number of benzene rings is 2. The Labute approximate surface area is 231 Å². The van der Waals surface area contributed by atoms with E-state index in [1.54, 1.807) is 0 Å². The van der Waals surface area contributed by atoms with Crippen LogP contribution in [-0.2, 0) is 28.9 Å². The molecule has 0 aromatic heterocycles. The van der Waals surface area contributed by atoms with Gasteiger partial charge in [0, 0.05) is 17.9 Å². The van der Waals surface area contributed by atoms with Crippen LogP contribution in [0.4, 0.5) is 0 Å². The molecule has 2 aromatic rings. The van der Waals surface area contributed by atoms with Gasteiger partial charge in [-0.15, -0.1) is 0 Å². The molecule has 3 unspecified atom stereocenters. The van der Waals surface area contributed by atoms with E-state index in [1.165, 1.54) is 34.7 Å². The first-order valence-corrected chi connectivity index (χ1v) is 14.8. The molecule has 0 N–H and O–H groups in total. The summed E-state index contributed by atoms with van der Waals surface area (Å²) in [5, 5.41) is 0. The van der Waals surface area contributed by atoms with Crippen LogP contribution in [0.3, 0.4) is 0 Å². The van der Waals surface area contributed by atoms with Crippen molar-refractivity contribution in [2.75, 3.05) is 0 Å². The minimum Gasteiger partial charge on any atom is -0.300 e. The molecule has 0 saturated heterocycles. The molecule has 0 saturated carbocycles. The van der Waals surface area contributed by atoms with E-state index in [0.29, 0.717) is 12.3 Å². The smallest absolute Gasteiger partial charge is 0.163 e. The number of carbonyl (C=O) groups is 3. The first-order valence-electron chi connectivity index (χ1n) is 14.8. The van der Waals surface area contributed by atoms with E-state index in [4.69, 9.17) is 0 Å². The maximum atomic E-state index is 12.8. The number of rotatable bonds is 11. The van der Waals surface area contributed by atoms with Crippen molar-refractivity contribution in [1.82, 2.24) is 0 Å². The van der Waals surface area contributed by atoms with Crippen molar-refractivity contribution in [2.24, 2.45) is 17.8 Å². The van der Waals surface area contributed by atoms with Gasteiger partial charge in [-0.25, -0.2) is 0 Å². The molecular weight excluding hydrogens is 468 g/mol. The van der Waals surface area contributed by atoms with Crippen LogP contribution in [0.2, 0.25) is 0 Å². The predicted octanol–water partition coefficient (Wildman–Crippen LogP) is 8.55. The predicted molar refractivity (Wildman–Crippen MR) is 159 cm³/mol. The zero-order chi connectivity index (χ0) is 28.4. The summed E-state index contributed by atoms with van der Waals surface area (Å²) >= 11 is 0. The first kappa shape index (κ1) is 31.7. The quantitative estimate of drug-likeness (QED) is 0.280. The maximum Gasteiger partial charge on any atom is 0.163 e. The van der Waals surface area contributed by atoms with Gasteiger partial charge in [0.05, 0.1) is 6.42 Å². The molecule has 0 aliphatic heterocycles. The Balaban J connectivity index is 0.000000384. The van der Waals surface area contributed by atoms with Crippen LogP contribution in [-0.4, -0.2) is 17.3 Å². The van der Waals surface area contributed by atoms with Crippen LogP contribution in [0, 0.1) is 38.5 Å². The summed E-state index contributed by atoms with van der Waals surface area (Å²) in [5.74, 6) is 0.766. The Morgan fingerprint density at radius 2 is 1.50 bits per heavy atom. The number of ketones is 3. The van der Waals surface area contributed by atoms with Crippen molar-refractivity contribution >= 4 is 17.3 Å². The normalized spacial score (nSPS) is 16.2. The zero-order valence-electron chi connectivity index (χ0n) is 25.2. The lowest BCUT2D eigenvalue weighted by Crippen LogP contribution is -2.30. The van der Waals surface area contributed by atoms with Gasteiger partial charge in [0.2, 0.25) is 0 Å². The van der Waals surface area contributed by atoms with Gasteiger partial charge in [-0.2, -0.15) is 0 Å². The number of carbonyl (C=O) groups excluding carboxylic acids is 3. The fourth-order valence-corrected chi connectivity index (χ4v) is 6.40. The molecule has 208 valence electrons. The summed E-state index contributed by atoms with van der Waals surface area (Å²) in [6.07, 6.45) is 7.51. The third-order valence-corrected chi connectivity index (χ3v) is 8.46. The summed E-state index contributed by atoms with van der Waals surface area (Å²) in [4.78, 5) is 36.9. The first-order chi connectivity index (χ1) is 18.1. The van der Waals surface area contributed by atoms with E-state index in [2.05, 4.69) is 58.9 Å². The standard InChI is InChI=1S/C24H34O3.C11H16/c1-6-8-19(20(7-2)22(26)11-17(5)25)12-18-13-21-15(3)9-10-16(4)24(21)23(27)14-18;1-4-10-7-6-8-11(5-2)9(10)3/h9-10,18-20H,6-8,11-14H2,1-5H3;6-8H,4-5H2,1-3H3. The molecule has 2 aromatic carbocycles. The van der Waals surface area contributed by atoms with E-state index in [-0.39, 0.29) is 35.6 Å². The Morgan fingerprint density at radius 3 is 2.03 bits per heavy atom. The molecule has 1 aliphatic carbocycles. The van der Waals surface area contributed by atoms with E-state index >= 15 is 0 Å². The van der Waals surface area contributed by atoms with Crippen molar-refractivity contribution < 1.29 is 14.4 Å². The van der Waals surface area contributed by atoms with E-state index in [1.807, 2.05) is 19.9 Å². The Hall–Kier alpha value is -2.55. The van der Waals surface area contributed by atoms with Gasteiger partial charge in [0.25, 0.3) is 0 Å². The fourth-order valence-electron chi connectivity index (χ4n) is 6.40. The molecule has 0 spiro atoms. The second kappa shape index (κ2) is 15.1. The second-order valence-corrected chi connectivity index (χ2v) is 11.3. The minimum absolute atomic E-state index is 0.0451. The Bertz CT molecular complexity index is 1090. The van der Waals surface area contributed by atoms with Gasteiger partial charge in [0.1, 0.15) is 11.6 Å². The van der Waals surface area contributed by atoms with Gasteiger partial charge < -0.3 is 0 Å². The molecule has 1 aliphatic rings. The summed E-state index contributed by atoms with van der Waals surface area (Å²) in [6.45, 7) is 16.4. The summed E-state index contributed by atoms with van der Waals surface area (Å²) in [5.41, 5.74) is 8.87. The largest absolute Gasteiger partial charge is 0.300 e. The highest BCUT2D eigenvalue weighted by atomic mass is 16.1. The summed E-state index contributed by atoms with van der Waals surface area (Å²) in [7, 11) is 0. The van der Waals surface area contributed by atoms with Gasteiger partial charge in [-0.05, 0) is 105 Å². The molecule has 0 heterocycles. The number of fused-ring (bicyclic) bond motifs is 1. The summed E-state index contributed by atoms with van der Waals surface area (Å²) in [6, 6.07) is 10.7. The van der Waals surface area contributed by atoms with Gasteiger partial charge in [0.15, 0.2) is 5.78 Å².